The summed E-state index contributed by atoms with van der Waals surface area (Å²) in [6.07, 6.45) is 3.78. The molecule has 1 aliphatic heterocycles. The van der Waals surface area contributed by atoms with Gasteiger partial charge in [0, 0.05) is 6.07 Å². The van der Waals surface area contributed by atoms with Gasteiger partial charge in [-0.3, -0.25) is 4.90 Å². The molecule has 0 amide bonds. The Morgan fingerprint density at radius 2 is 2.05 bits per heavy atom. The molecule has 0 unspecified atom stereocenters. The molecule has 3 nitrogen and oxygen atoms in total. The van der Waals surface area contributed by atoms with Crippen LogP contribution < -0.4 is 0 Å². The average molecular weight is 270 g/mol. The predicted octanol–water partition coefficient (Wildman–Crippen LogP) is 3.75. The molecule has 0 spiro atoms. The standard InChI is InChI=1S/C17H22N2O/c1-14-12-17(20-18-14)13-19-10-5-8-16(9-11-19)15-6-3-2-4-7-15/h2-4,6-7,12,16H,5,8-11,13H2,1H3/t16-/m1/s1. The van der Waals surface area contributed by atoms with Crippen LogP contribution in [0.15, 0.2) is 40.9 Å². The summed E-state index contributed by atoms with van der Waals surface area (Å²) in [7, 11) is 0. The van der Waals surface area contributed by atoms with Crippen LogP contribution >= 0.6 is 0 Å². The molecule has 0 bridgehead atoms. The van der Waals surface area contributed by atoms with Gasteiger partial charge in [-0.15, -0.1) is 0 Å². The maximum atomic E-state index is 5.33. The number of aryl methyl sites for hydroxylation is 1. The highest BCUT2D eigenvalue weighted by atomic mass is 16.5. The third kappa shape index (κ3) is 3.28. The topological polar surface area (TPSA) is 29.3 Å². The normalized spacial score (nSPS) is 20.8. The molecule has 2 heterocycles. The van der Waals surface area contributed by atoms with Gasteiger partial charge < -0.3 is 4.52 Å². The fraction of sp³-hybridized carbons (Fsp3) is 0.471. The van der Waals surface area contributed by atoms with Gasteiger partial charge in [0.2, 0.25) is 0 Å². The van der Waals surface area contributed by atoms with E-state index in [4.69, 9.17) is 4.52 Å². The van der Waals surface area contributed by atoms with Crippen molar-refractivity contribution in [2.24, 2.45) is 0 Å². The SMILES string of the molecule is Cc1cc(CN2CCC[C@@H](c3ccccc3)CC2)on1. The first-order chi connectivity index (χ1) is 9.81. The van der Waals surface area contributed by atoms with Crippen LogP contribution in [-0.4, -0.2) is 23.1 Å². The third-order valence-electron chi connectivity index (χ3n) is 4.15. The lowest BCUT2D eigenvalue weighted by molar-refractivity contribution is 0.237. The number of aromatic nitrogens is 1. The van der Waals surface area contributed by atoms with E-state index in [0.29, 0.717) is 5.92 Å². The second-order valence-electron chi connectivity index (χ2n) is 5.75. The van der Waals surface area contributed by atoms with Gasteiger partial charge in [0.1, 0.15) is 0 Å². The first-order valence-corrected chi connectivity index (χ1v) is 7.51. The first kappa shape index (κ1) is 13.4. The Morgan fingerprint density at radius 1 is 1.20 bits per heavy atom. The Balaban J connectivity index is 1.59. The van der Waals surface area contributed by atoms with Gasteiger partial charge >= 0.3 is 0 Å². The van der Waals surface area contributed by atoms with Crippen molar-refractivity contribution in [3.8, 4) is 0 Å². The molecule has 1 fully saturated rings. The van der Waals surface area contributed by atoms with E-state index in [-0.39, 0.29) is 0 Å². The fourth-order valence-electron chi connectivity index (χ4n) is 3.08. The second-order valence-corrected chi connectivity index (χ2v) is 5.75. The van der Waals surface area contributed by atoms with E-state index < -0.39 is 0 Å². The average Bonchev–Trinajstić information content (AvgIpc) is 2.74. The third-order valence-corrected chi connectivity index (χ3v) is 4.15. The number of likely N-dealkylation sites (tertiary alicyclic amines) is 1. The van der Waals surface area contributed by atoms with E-state index in [1.165, 1.54) is 24.8 Å². The zero-order chi connectivity index (χ0) is 13.8. The summed E-state index contributed by atoms with van der Waals surface area (Å²) in [5.74, 6) is 1.69. The largest absolute Gasteiger partial charge is 0.360 e. The van der Waals surface area contributed by atoms with Gasteiger partial charge in [0.05, 0.1) is 12.2 Å². The van der Waals surface area contributed by atoms with Crippen molar-refractivity contribution < 1.29 is 4.52 Å². The van der Waals surface area contributed by atoms with E-state index in [1.807, 2.05) is 13.0 Å². The lowest BCUT2D eigenvalue weighted by Crippen LogP contribution is -2.23. The summed E-state index contributed by atoms with van der Waals surface area (Å²) >= 11 is 0. The number of rotatable bonds is 3. The number of nitrogens with zero attached hydrogens (tertiary/aromatic N) is 2. The maximum Gasteiger partial charge on any atom is 0.150 e. The van der Waals surface area contributed by atoms with E-state index in [0.717, 1.165) is 31.1 Å². The molecule has 0 radical (unpaired) electrons. The van der Waals surface area contributed by atoms with E-state index in [1.54, 1.807) is 0 Å². The molecular formula is C17H22N2O. The highest BCUT2D eigenvalue weighted by molar-refractivity contribution is 5.19. The van der Waals surface area contributed by atoms with E-state index in [9.17, 15) is 0 Å². The van der Waals surface area contributed by atoms with Gasteiger partial charge in [-0.25, -0.2) is 0 Å². The quantitative estimate of drug-likeness (QED) is 0.850. The predicted molar refractivity (Wildman–Crippen MR) is 79.6 cm³/mol. The van der Waals surface area contributed by atoms with Crippen LogP contribution in [0.5, 0.6) is 0 Å². The van der Waals surface area contributed by atoms with Crippen molar-refractivity contribution in [2.75, 3.05) is 13.1 Å². The number of benzene rings is 1. The second kappa shape index (κ2) is 6.23. The van der Waals surface area contributed by atoms with Crippen LogP contribution in [0, 0.1) is 6.92 Å². The molecule has 1 aliphatic rings. The van der Waals surface area contributed by atoms with Gasteiger partial charge in [-0.1, -0.05) is 35.5 Å². The van der Waals surface area contributed by atoms with Crippen molar-refractivity contribution in [1.82, 2.24) is 10.1 Å². The molecule has 0 saturated carbocycles. The fourth-order valence-corrected chi connectivity index (χ4v) is 3.08. The Morgan fingerprint density at radius 3 is 2.80 bits per heavy atom. The Hall–Kier alpha value is -1.61. The monoisotopic (exact) mass is 270 g/mol. The van der Waals surface area contributed by atoms with Crippen molar-refractivity contribution in [3.05, 3.63) is 53.4 Å². The minimum absolute atomic E-state index is 0.706. The van der Waals surface area contributed by atoms with Crippen LogP contribution in [0.1, 0.15) is 42.2 Å². The number of hydrogen-bond acceptors (Lipinski definition) is 3. The lowest BCUT2D eigenvalue weighted by atomic mass is 9.92. The zero-order valence-electron chi connectivity index (χ0n) is 12.1. The minimum Gasteiger partial charge on any atom is -0.360 e. The van der Waals surface area contributed by atoms with Crippen LogP contribution in [0.25, 0.3) is 0 Å². The van der Waals surface area contributed by atoms with Crippen molar-refractivity contribution in [1.29, 1.82) is 0 Å². The Bertz CT molecular complexity index is 535. The molecule has 3 heteroatoms. The smallest absolute Gasteiger partial charge is 0.150 e. The van der Waals surface area contributed by atoms with Crippen molar-refractivity contribution in [3.63, 3.8) is 0 Å². The lowest BCUT2D eigenvalue weighted by Gasteiger charge is -2.18. The molecule has 0 N–H and O–H groups in total. The van der Waals surface area contributed by atoms with Crippen molar-refractivity contribution in [2.45, 2.75) is 38.6 Å². The molecule has 1 saturated heterocycles. The summed E-state index contributed by atoms with van der Waals surface area (Å²) in [4.78, 5) is 2.49. The molecule has 1 aromatic carbocycles. The molecule has 2 aromatic rings. The van der Waals surface area contributed by atoms with E-state index >= 15 is 0 Å². The van der Waals surface area contributed by atoms with Gasteiger partial charge in [0.25, 0.3) is 0 Å². The summed E-state index contributed by atoms with van der Waals surface area (Å²) in [6, 6.07) is 13.0. The molecule has 20 heavy (non-hydrogen) atoms. The Labute approximate surface area is 120 Å². The highest BCUT2D eigenvalue weighted by Gasteiger charge is 2.19. The summed E-state index contributed by atoms with van der Waals surface area (Å²) < 4.78 is 5.33. The molecule has 106 valence electrons. The Kier molecular flexibility index (Phi) is 4.16. The highest BCUT2D eigenvalue weighted by Crippen LogP contribution is 2.28. The molecular weight excluding hydrogens is 248 g/mol. The molecule has 1 atom stereocenters. The van der Waals surface area contributed by atoms with Crippen LogP contribution in [0.2, 0.25) is 0 Å². The molecule has 3 rings (SSSR count). The van der Waals surface area contributed by atoms with Gasteiger partial charge in [0.15, 0.2) is 5.76 Å². The van der Waals surface area contributed by atoms with Crippen LogP contribution in [0.3, 0.4) is 0 Å². The number of hydrogen-bond donors (Lipinski definition) is 0. The summed E-state index contributed by atoms with van der Waals surface area (Å²) in [5, 5.41) is 3.97. The van der Waals surface area contributed by atoms with Gasteiger partial charge in [-0.05, 0) is 50.8 Å². The molecule has 1 aromatic heterocycles. The van der Waals surface area contributed by atoms with Crippen LogP contribution in [0.4, 0.5) is 0 Å². The van der Waals surface area contributed by atoms with Crippen molar-refractivity contribution >= 4 is 0 Å². The summed E-state index contributed by atoms with van der Waals surface area (Å²) in [5.41, 5.74) is 2.46. The van der Waals surface area contributed by atoms with E-state index in [2.05, 4.69) is 40.4 Å². The van der Waals surface area contributed by atoms with Gasteiger partial charge in [-0.2, -0.15) is 0 Å². The molecule has 0 aliphatic carbocycles. The minimum atomic E-state index is 0.706. The summed E-state index contributed by atoms with van der Waals surface area (Å²) in [6.45, 7) is 5.16. The zero-order valence-corrected chi connectivity index (χ0v) is 12.1. The maximum absolute atomic E-state index is 5.33. The van der Waals surface area contributed by atoms with Crippen LogP contribution in [-0.2, 0) is 6.54 Å². The first-order valence-electron chi connectivity index (χ1n) is 7.51.